The molecule has 1 aliphatic rings. The van der Waals surface area contributed by atoms with Crippen LogP contribution in [-0.4, -0.2) is 69.2 Å². The number of nitrogens with two attached hydrogens (primary N) is 1. The molecule has 3 aromatic rings. The maximum Gasteiger partial charge on any atom is 0.255 e. The van der Waals surface area contributed by atoms with Crippen molar-refractivity contribution in [3.05, 3.63) is 59.4 Å². The lowest BCUT2D eigenvalue weighted by atomic mass is 10.1. The predicted octanol–water partition coefficient (Wildman–Crippen LogP) is 1.49. The largest absolute Gasteiger partial charge is 0.383 e. The van der Waals surface area contributed by atoms with Crippen LogP contribution in [-0.2, 0) is 9.53 Å². The fourth-order valence-electron chi connectivity index (χ4n) is 4.41. The maximum atomic E-state index is 14.7. The lowest BCUT2D eigenvalue weighted by molar-refractivity contribution is -0.127. The SMILES string of the molecule is C=CC(=O)N1C[C@@H](n2nc(C#Cc3cc4ncc(C)n4cc3F)c(C(N)=O)c2NC)C[C@@H]1COC. The van der Waals surface area contributed by atoms with E-state index in [-0.39, 0.29) is 34.8 Å². The highest BCUT2D eigenvalue weighted by Gasteiger charge is 2.37. The average Bonchev–Trinajstić information content (AvgIpc) is 3.52. The number of rotatable bonds is 6. The summed E-state index contributed by atoms with van der Waals surface area (Å²) in [6, 6.07) is 1.08. The Morgan fingerprint density at radius 1 is 1.43 bits per heavy atom. The number of imidazole rings is 1. The molecule has 0 unspecified atom stereocenters. The van der Waals surface area contributed by atoms with Crippen LogP contribution in [0.4, 0.5) is 10.2 Å². The number of carbonyl (C=O) groups is 2. The van der Waals surface area contributed by atoms with E-state index in [0.717, 1.165) is 5.69 Å². The third-order valence-electron chi connectivity index (χ3n) is 6.05. The minimum atomic E-state index is -0.727. The van der Waals surface area contributed by atoms with E-state index in [4.69, 9.17) is 10.5 Å². The number of anilines is 1. The zero-order chi connectivity index (χ0) is 25.3. The van der Waals surface area contributed by atoms with Gasteiger partial charge in [-0.1, -0.05) is 12.5 Å². The number of hydrogen-bond donors (Lipinski definition) is 2. The van der Waals surface area contributed by atoms with E-state index in [0.29, 0.717) is 31.0 Å². The van der Waals surface area contributed by atoms with Gasteiger partial charge in [0.25, 0.3) is 5.91 Å². The highest BCUT2D eigenvalue weighted by atomic mass is 19.1. The molecule has 1 saturated heterocycles. The molecule has 0 aliphatic carbocycles. The van der Waals surface area contributed by atoms with E-state index in [2.05, 4.69) is 33.8 Å². The van der Waals surface area contributed by atoms with Crippen molar-refractivity contribution in [2.45, 2.75) is 25.4 Å². The summed E-state index contributed by atoms with van der Waals surface area (Å²) < 4.78 is 23.2. The van der Waals surface area contributed by atoms with Gasteiger partial charge in [-0.3, -0.25) is 9.59 Å². The molecule has 0 bridgehead atoms. The molecule has 4 heterocycles. The van der Waals surface area contributed by atoms with Crippen molar-refractivity contribution in [3.8, 4) is 11.8 Å². The third kappa shape index (κ3) is 4.36. The van der Waals surface area contributed by atoms with E-state index in [1.807, 2.05) is 6.92 Å². The van der Waals surface area contributed by atoms with Crippen molar-refractivity contribution in [3.63, 3.8) is 0 Å². The summed E-state index contributed by atoms with van der Waals surface area (Å²) in [5, 5.41) is 7.52. The zero-order valence-electron chi connectivity index (χ0n) is 19.7. The van der Waals surface area contributed by atoms with E-state index < -0.39 is 11.7 Å². The maximum absolute atomic E-state index is 14.7. The Labute approximate surface area is 201 Å². The molecule has 3 N–H and O–H groups in total. The number of methoxy groups -OCH3 is 1. The lowest BCUT2D eigenvalue weighted by Crippen LogP contribution is -2.37. The Hall–Kier alpha value is -4.17. The van der Waals surface area contributed by atoms with Crippen molar-refractivity contribution in [2.24, 2.45) is 5.73 Å². The van der Waals surface area contributed by atoms with Crippen molar-refractivity contribution < 1.29 is 18.7 Å². The van der Waals surface area contributed by atoms with E-state index in [1.165, 1.54) is 18.3 Å². The average molecular weight is 480 g/mol. The van der Waals surface area contributed by atoms with Crippen molar-refractivity contribution in [1.82, 2.24) is 24.1 Å². The number of hydrogen-bond acceptors (Lipinski definition) is 6. The minimum Gasteiger partial charge on any atom is -0.383 e. The van der Waals surface area contributed by atoms with E-state index in [1.54, 1.807) is 34.3 Å². The van der Waals surface area contributed by atoms with Gasteiger partial charge in [0.05, 0.1) is 24.3 Å². The topological polar surface area (TPSA) is 120 Å². The number of nitrogens with zero attached hydrogens (tertiary/aromatic N) is 5. The molecule has 4 rings (SSSR count). The van der Waals surface area contributed by atoms with Gasteiger partial charge < -0.3 is 25.1 Å². The molecular weight excluding hydrogens is 453 g/mol. The zero-order valence-corrected chi connectivity index (χ0v) is 19.7. The molecule has 2 amide bonds. The molecule has 182 valence electrons. The third-order valence-corrected chi connectivity index (χ3v) is 6.05. The number of nitrogens with one attached hydrogen (secondary N) is 1. The van der Waals surface area contributed by atoms with Crippen LogP contribution in [0.2, 0.25) is 0 Å². The first-order valence-electron chi connectivity index (χ1n) is 11.0. The number of halogens is 1. The van der Waals surface area contributed by atoms with Gasteiger partial charge in [-0.05, 0) is 31.4 Å². The van der Waals surface area contributed by atoms with Crippen LogP contribution in [0, 0.1) is 24.6 Å². The Bertz CT molecular complexity index is 1380. The van der Waals surface area contributed by atoms with Crippen molar-refractivity contribution >= 4 is 23.3 Å². The van der Waals surface area contributed by atoms with Gasteiger partial charge in [0.1, 0.15) is 17.0 Å². The molecule has 0 radical (unpaired) electrons. The lowest BCUT2D eigenvalue weighted by Gasteiger charge is -2.22. The number of aryl methyl sites for hydroxylation is 1. The number of ether oxygens (including phenoxy) is 1. The van der Waals surface area contributed by atoms with Crippen LogP contribution in [0.5, 0.6) is 0 Å². The summed E-state index contributed by atoms with van der Waals surface area (Å²) in [7, 11) is 3.20. The second-order valence-electron chi connectivity index (χ2n) is 8.24. The second kappa shape index (κ2) is 9.60. The molecule has 0 aromatic carbocycles. The molecule has 35 heavy (non-hydrogen) atoms. The number of aromatic nitrogens is 4. The highest BCUT2D eigenvalue weighted by Crippen LogP contribution is 2.32. The van der Waals surface area contributed by atoms with Crippen LogP contribution in [0.15, 0.2) is 31.1 Å². The van der Waals surface area contributed by atoms with Gasteiger partial charge in [-0.15, -0.1) is 0 Å². The van der Waals surface area contributed by atoms with Gasteiger partial charge >= 0.3 is 0 Å². The fourth-order valence-corrected chi connectivity index (χ4v) is 4.41. The van der Waals surface area contributed by atoms with Crippen molar-refractivity contribution in [2.75, 3.05) is 32.6 Å². The minimum absolute atomic E-state index is 0.0925. The van der Waals surface area contributed by atoms with Crippen LogP contribution in [0.1, 0.15) is 39.8 Å². The number of primary amides is 1. The monoisotopic (exact) mass is 479 g/mol. The first kappa shape index (κ1) is 24.0. The Morgan fingerprint density at radius 3 is 2.86 bits per heavy atom. The Morgan fingerprint density at radius 2 is 2.20 bits per heavy atom. The van der Waals surface area contributed by atoms with Crippen LogP contribution < -0.4 is 11.1 Å². The summed E-state index contributed by atoms with van der Waals surface area (Å²) >= 11 is 0. The molecule has 10 nitrogen and oxygen atoms in total. The molecular formula is C24H26FN7O3. The quantitative estimate of drug-likeness (QED) is 0.408. The molecule has 11 heteroatoms. The number of pyridine rings is 1. The fraction of sp³-hybridized carbons (Fsp3) is 0.333. The van der Waals surface area contributed by atoms with Crippen molar-refractivity contribution in [1.29, 1.82) is 0 Å². The van der Waals surface area contributed by atoms with Crippen LogP contribution in [0.25, 0.3) is 5.65 Å². The summed E-state index contributed by atoms with van der Waals surface area (Å²) in [5.74, 6) is 4.45. The smallest absolute Gasteiger partial charge is 0.255 e. The number of amides is 2. The van der Waals surface area contributed by atoms with Gasteiger partial charge in [0.15, 0.2) is 11.5 Å². The van der Waals surface area contributed by atoms with E-state index >= 15 is 0 Å². The second-order valence-corrected chi connectivity index (χ2v) is 8.24. The van der Waals surface area contributed by atoms with Crippen LogP contribution in [0.3, 0.4) is 0 Å². The van der Waals surface area contributed by atoms with Gasteiger partial charge in [0.2, 0.25) is 5.91 Å². The van der Waals surface area contributed by atoms with Gasteiger partial charge in [-0.2, -0.15) is 5.10 Å². The molecule has 3 aromatic heterocycles. The van der Waals surface area contributed by atoms with Crippen LogP contribution >= 0.6 is 0 Å². The Kier molecular flexibility index (Phi) is 6.57. The first-order valence-corrected chi connectivity index (χ1v) is 11.0. The standard InChI is InChI=1S/C24H26FN7O3/c1-5-21(33)31-11-16(9-17(31)13-35-4)32-24(27-3)22(23(26)34)19(29-32)7-6-15-8-20-28-10-14(2)30(20)12-18(15)25/h5,8,10,12,16-17,27H,1,9,11,13H2,2-4H3,(H2,26,34)/t16-,17+/m0/s1. The normalized spacial score (nSPS) is 17.3. The summed E-state index contributed by atoms with van der Waals surface area (Å²) in [5.41, 5.74) is 7.32. The summed E-state index contributed by atoms with van der Waals surface area (Å²) in [4.78, 5) is 30.6. The van der Waals surface area contributed by atoms with Gasteiger partial charge in [0, 0.05) is 38.8 Å². The Balaban J connectivity index is 1.75. The summed E-state index contributed by atoms with van der Waals surface area (Å²) in [6.45, 7) is 6.07. The molecule has 2 atom stereocenters. The molecule has 1 aliphatic heterocycles. The summed E-state index contributed by atoms with van der Waals surface area (Å²) in [6.07, 6.45) is 4.75. The molecule has 0 saturated carbocycles. The predicted molar refractivity (Wildman–Crippen MR) is 127 cm³/mol. The highest BCUT2D eigenvalue weighted by molar-refractivity contribution is 6.00. The number of likely N-dealkylation sites (tertiary alicyclic amines) is 1. The molecule has 0 spiro atoms. The number of fused-ring (bicyclic) bond motifs is 1. The van der Waals surface area contributed by atoms with E-state index in [9.17, 15) is 14.0 Å². The van der Waals surface area contributed by atoms with Gasteiger partial charge in [-0.25, -0.2) is 14.1 Å². The first-order chi connectivity index (χ1) is 16.8. The number of carbonyl (C=O) groups excluding carboxylic acids is 2. The molecule has 1 fully saturated rings.